The Bertz CT molecular complexity index is 936. The minimum Gasteiger partial charge on any atom is -0.434 e. The number of hydrogen-bond acceptors (Lipinski definition) is 9. The summed E-state index contributed by atoms with van der Waals surface area (Å²) >= 11 is 0. The van der Waals surface area contributed by atoms with Gasteiger partial charge in [0.25, 0.3) is 0 Å². The molecule has 2 aromatic heterocycles. The van der Waals surface area contributed by atoms with Gasteiger partial charge in [-0.05, 0) is 37.3 Å². The van der Waals surface area contributed by atoms with E-state index in [2.05, 4.69) is 16.2 Å². The highest BCUT2D eigenvalue weighted by Crippen LogP contribution is 2.45. The molecule has 2 heterocycles. The van der Waals surface area contributed by atoms with Gasteiger partial charge in [0, 0.05) is 5.92 Å². The predicted molar refractivity (Wildman–Crippen MR) is 94.8 cm³/mol. The zero-order valence-electron chi connectivity index (χ0n) is 15.1. The van der Waals surface area contributed by atoms with Gasteiger partial charge in [-0.3, -0.25) is 0 Å². The molecular weight excluding hydrogens is 366 g/mol. The molecule has 0 unspecified atom stereocenters. The maximum atomic E-state index is 11.7. The number of nitrogens with zero attached hydrogens (tertiary/aromatic N) is 4. The maximum Gasteiger partial charge on any atom is 0.508 e. The molecule has 2 fully saturated rings. The summed E-state index contributed by atoms with van der Waals surface area (Å²) < 4.78 is 11.5. The van der Waals surface area contributed by atoms with Gasteiger partial charge in [-0.15, -0.1) is 0 Å². The quantitative estimate of drug-likeness (QED) is 0.617. The van der Waals surface area contributed by atoms with Crippen molar-refractivity contribution >= 4 is 17.5 Å². The van der Waals surface area contributed by atoms with Crippen molar-refractivity contribution in [3.05, 3.63) is 24.2 Å². The summed E-state index contributed by atoms with van der Waals surface area (Å²) in [6, 6.07) is 5.42. The first-order chi connectivity index (χ1) is 13.5. The minimum atomic E-state index is -1.43. The van der Waals surface area contributed by atoms with Gasteiger partial charge >= 0.3 is 6.16 Å². The lowest BCUT2D eigenvalue weighted by Crippen LogP contribution is -2.40. The number of anilines is 1. The summed E-state index contributed by atoms with van der Waals surface area (Å²) in [5, 5.41) is 35.2. The minimum absolute atomic E-state index is 0.0811. The lowest BCUT2D eigenvalue weighted by atomic mass is 9.81. The van der Waals surface area contributed by atoms with Gasteiger partial charge in [0.1, 0.15) is 30.0 Å². The van der Waals surface area contributed by atoms with Crippen molar-refractivity contribution < 1.29 is 24.5 Å². The molecule has 0 radical (unpaired) electrons. The second-order valence-corrected chi connectivity index (χ2v) is 7.46. The fraction of sp³-hybridized carbons (Fsp3) is 0.556. The highest BCUT2D eigenvalue weighted by atomic mass is 16.7. The van der Waals surface area contributed by atoms with E-state index in [1.54, 1.807) is 12.1 Å². The van der Waals surface area contributed by atoms with Crippen LogP contribution in [0.5, 0.6) is 0 Å². The number of carbonyl (C=O) groups is 1. The second kappa shape index (κ2) is 6.92. The Morgan fingerprint density at radius 1 is 1.36 bits per heavy atom. The number of carbonyl (C=O) groups excluding carboxylic acids is 1. The molecule has 28 heavy (non-hydrogen) atoms. The van der Waals surface area contributed by atoms with E-state index in [-0.39, 0.29) is 18.8 Å². The molecule has 0 aliphatic heterocycles. The number of aromatic nitrogens is 3. The number of rotatable bonds is 5. The van der Waals surface area contributed by atoms with Gasteiger partial charge in [0.05, 0.1) is 24.5 Å². The third-order valence-corrected chi connectivity index (χ3v) is 5.58. The van der Waals surface area contributed by atoms with Gasteiger partial charge < -0.3 is 25.4 Å². The lowest BCUT2D eigenvalue weighted by Gasteiger charge is -2.25. The summed E-state index contributed by atoms with van der Waals surface area (Å²) in [4.78, 5) is 15.6. The largest absolute Gasteiger partial charge is 0.508 e. The Hall–Kier alpha value is -2.90. The first-order valence-electron chi connectivity index (χ1n) is 9.12. The monoisotopic (exact) mass is 387 g/mol. The number of nitrogen functional groups attached to an aromatic ring is 1. The fourth-order valence-electron chi connectivity index (χ4n) is 3.76. The molecule has 4 atom stereocenters. The summed E-state index contributed by atoms with van der Waals surface area (Å²) in [6.07, 6.45) is -0.0151. The Kier molecular flexibility index (Phi) is 4.56. The van der Waals surface area contributed by atoms with Crippen LogP contribution in [0, 0.1) is 23.2 Å². The van der Waals surface area contributed by atoms with Crippen LogP contribution in [-0.4, -0.2) is 56.4 Å². The average Bonchev–Trinajstić information content (AvgIpc) is 3.37. The molecule has 2 saturated carbocycles. The molecule has 2 aromatic rings. The van der Waals surface area contributed by atoms with Gasteiger partial charge in [-0.2, -0.15) is 10.4 Å². The predicted octanol–water partition coefficient (Wildman–Crippen LogP) is 0.378. The molecule has 148 valence electrons. The van der Waals surface area contributed by atoms with E-state index in [1.807, 2.05) is 0 Å². The number of fused-ring (bicyclic) bond motifs is 1. The van der Waals surface area contributed by atoms with Crippen LogP contribution < -0.4 is 5.73 Å². The normalized spacial score (nSPS) is 29.5. The van der Waals surface area contributed by atoms with E-state index in [0.717, 1.165) is 12.8 Å². The highest BCUT2D eigenvalue weighted by Gasteiger charge is 2.56. The van der Waals surface area contributed by atoms with E-state index in [0.29, 0.717) is 23.7 Å². The molecule has 2 aliphatic rings. The molecule has 0 spiro atoms. The molecule has 2 aliphatic carbocycles. The van der Waals surface area contributed by atoms with E-state index in [1.165, 1.54) is 10.8 Å². The third kappa shape index (κ3) is 3.02. The van der Waals surface area contributed by atoms with Crippen LogP contribution in [-0.2, 0) is 14.9 Å². The molecule has 4 N–H and O–H groups in total. The van der Waals surface area contributed by atoms with Crippen LogP contribution >= 0.6 is 0 Å². The third-order valence-electron chi connectivity index (χ3n) is 5.58. The molecular formula is C18H21N5O5. The molecule has 10 heteroatoms. The highest BCUT2D eigenvalue weighted by molar-refractivity contribution is 5.66. The molecule has 0 amide bonds. The summed E-state index contributed by atoms with van der Waals surface area (Å²) in [5.74, 6) is 0.0169. The first kappa shape index (κ1) is 18.5. The van der Waals surface area contributed by atoms with Crippen molar-refractivity contribution in [1.29, 1.82) is 5.26 Å². The van der Waals surface area contributed by atoms with E-state index >= 15 is 0 Å². The van der Waals surface area contributed by atoms with Crippen LogP contribution in [0.4, 0.5) is 10.6 Å². The Balaban J connectivity index is 1.53. The number of ether oxygens (including phenoxy) is 2. The van der Waals surface area contributed by atoms with Crippen molar-refractivity contribution in [2.24, 2.45) is 11.8 Å². The zero-order chi connectivity index (χ0) is 19.9. The van der Waals surface area contributed by atoms with E-state index < -0.39 is 29.7 Å². The zero-order valence-corrected chi connectivity index (χ0v) is 15.1. The van der Waals surface area contributed by atoms with Crippen molar-refractivity contribution in [2.45, 2.75) is 36.9 Å². The molecule has 0 saturated heterocycles. The summed E-state index contributed by atoms with van der Waals surface area (Å²) in [6.45, 7) is 0.166. The van der Waals surface area contributed by atoms with Crippen LogP contribution in [0.1, 0.15) is 25.0 Å². The maximum absolute atomic E-state index is 11.7. The first-order valence-corrected chi connectivity index (χ1v) is 9.12. The number of aliphatic hydroxyl groups is 2. The van der Waals surface area contributed by atoms with Gasteiger partial charge in [-0.1, -0.05) is 0 Å². The smallest absolute Gasteiger partial charge is 0.434 e. The SMILES string of the molecule is N#C[C@@]1(c2ccc3c(N)ncnn23)C[C@H](COC(=O)OCC2CC2)[C@@H](O)[C@H]1O. The van der Waals surface area contributed by atoms with Crippen LogP contribution in [0.25, 0.3) is 5.52 Å². The molecule has 0 aromatic carbocycles. The Morgan fingerprint density at radius 2 is 2.11 bits per heavy atom. The average molecular weight is 387 g/mol. The Morgan fingerprint density at radius 3 is 2.82 bits per heavy atom. The number of nitriles is 1. The molecule has 10 nitrogen and oxygen atoms in total. The molecule has 4 rings (SSSR count). The summed E-state index contributed by atoms with van der Waals surface area (Å²) in [5.41, 5.74) is 5.30. The summed E-state index contributed by atoms with van der Waals surface area (Å²) in [7, 11) is 0. The van der Waals surface area contributed by atoms with Gasteiger partial charge in [0.2, 0.25) is 0 Å². The van der Waals surface area contributed by atoms with Gasteiger partial charge in [0.15, 0.2) is 5.82 Å². The van der Waals surface area contributed by atoms with Crippen molar-refractivity contribution in [1.82, 2.24) is 14.6 Å². The van der Waals surface area contributed by atoms with Crippen molar-refractivity contribution in [3.8, 4) is 6.07 Å². The second-order valence-electron chi connectivity index (χ2n) is 7.46. The van der Waals surface area contributed by atoms with E-state index in [4.69, 9.17) is 15.2 Å². The number of hydrogen-bond donors (Lipinski definition) is 3. The number of nitrogens with two attached hydrogens (primary N) is 1. The van der Waals surface area contributed by atoms with Crippen LogP contribution in [0.2, 0.25) is 0 Å². The van der Waals surface area contributed by atoms with E-state index in [9.17, 15) is 20.3 Å². The number of aliphatic hydroxyl groups excluding tert-OH is 2. The molecule has 0 bridgehead atoms. The van der Waals surface area contributed by atoms with Crippen LogP contribution in [0.3, 0.4) is 0 Å². The Labute approximate surface area is 160 Å². The van der Waals surface area contributed by atoms with Crippen LogP contribution in [0.15, 0.2) is 18.5 Å². The van der Waals surface area contributed by atoms with Gasteiger partial charge in [-0.25, -0.2) is 14.3 Å². The van der Waals surface area contributed by atoms with Crippen molar-refractivity contribution in [2.75, 3.05) is 18.9 Å². The standard InChI is InChI=1S/C18H21N5O5/c19-8-18(13-4-3-12-16(20)21-9-22-23(12)13)5-11(14(24)15(18)25)7-28-17(26)27-6-10-1-2-10/h3-4,9-11,14-15,24-25H,1-2,5-7H2,(H2,20,21,22)/t11-,14-,15-,18-/m1/s1. The topological polar surface area (TPSA) is 156 Å². The lowest BCUT2D eigenvalue weighted by molar-refractivity contribution is -0.0172. The fourth-order valence-corrected chi connectivity index (χ4v) is 3.76. The van der Waals surface area contributed by atoms with Crippen molar-refractivity contribution in [3.63, 3.8) is 0 Å².